The Morgan fingerprint density at radius 1 is 1.00 bits per heavy atom. The van der Waals surface area contributed by atoms with Gasteiger partial charge in [0.2, 0.25) is 0 Å². The summed E-state index contributed by atoms with van der Waals surface area (Å²) in [7, 11) is 0. The molecule has 0 aliphatic heterocycles. The molecule has 0 aliphatic carbocycles. The minimum atomic E-state index is 0.313. The number of hydrogen-bond acceptors (Lipinski definition) is 3. The van der Waals surface area contributed by atoms with E-state index in [9.17, 15) is 0 Å². The van der Waals surface area contributed by atoms with E-state index in [2.05, 4.69) is 70.0 Å². The third-order valence-electron chi connectivity index (χ3n) is 3.55. The van der Waals surface area contributed by atoms with E-state index in [-0.39, 0.29) is 0 Å². The van der Waals surface area contributed by atoms with Gasteiger partial charge in [0.15, 0.2) is 0 Å². The third kappa shape index (κ3) is 3.41. The van der Waals surface area contributed by atoms with Crippen molar-refractivity contribution in [3.63, 3.8) is 0 Å². The smallest absolute Gasteiger partial charge is 0.133 e. The van der Waals surface area contributed by atoms with Crippen molar-refractivity contribution in [2.45, 2.75) is 47.5 Å². The van der Waals surface area contributed by atoms with Crippen LogP contribution < -0.4 is 5.32 Å². The first kappa shape index (κ1) is 15.5. The highest BCUT2D eigenvalue weighted by atomic mass is 15.0. The number of aryl methyl sites for hydroxylation is 3. The maximum Gasteiger partial charge on any atom is 0.133 e. The van der Waals surface area contributed by atoms with Crippen molar-refractivity contribution in [1.82, 2.24) is 9.97 Å². The van der Waals surface area contributed by atoms with Crippen LogP contribution in [0.25, 0.3) is 11.3 Å². The zero-order chi connectivity index (χ0) is 15.6. The lowest BCUT2D eigenvalue weighted by atomic mass is 9.97. The lowest BCUT2D eigenvalue weighted by Crippen LogP contribution is -2.06. The van der Waals surface area contributed by atoms with E-state index in [1.54, 1.807) is 0 Å². The summed E-state index contributed by atoms with van der Waals surface area (Å²) in [5.74, 6) is 2.11. The summed E-state index contributed by atoms with van der Waals surface area (Å²) in [4.78, 5) is 9.39. The summed E-state index contributed by atoms with van der Waals surface area (Å²) < 4.78 is 0. The van der Waals surface area contributed by atoms with Crippen molar-refractivity contribution in [1.29, 1.82) is 0 Å². The van der Waals surface area contributed by atoms with Gasteiger partial charge in [0.25, 0.3) is 0 Å². The second-order valence-corrected chi connectivity index (χ2v) is 5.96. The average Bonchev–Trinajstić information content (AvgIpc) is 2.37. The molecule has 0 bridgehead atoms. The van der Waals surface area contributed by atoms with Crippen molar-refractivity contribution in [2.24, 2.45) is 0 Å². The first-order valence-electron chi connectivity index (χ1n) is 7.63. The van der Waals surface area contributed by atoms with Crippen molar-refractivity contribution in [3.05, 3.63) is 40.7 Å². The fourth-order valence-corrected chi connectivity index (χ4v) is 2.71. The Labute approximate surface area is 127 Å². The van der Waals surface area contributed by atoms with Crippen LogP contribution in [-0.4, -0.2) is 16.5 Å². The molecule has 0 unspecified atom stereocenters. The molecule has 2 rings (SSSR count). The van der Waals surface area contributed by atoms with Crippen LogP contribution in [0, 0.1) is 20.8 Å². The number of anilines is 1. The largest absolute Gasteiger partial charge is 0.370 e. The SMILES string of the molecule is CCNc1cc(-c2c(C)cc(C)cc2C)nc(C(C)C)n1. The number of nitrogens with one attached hydrogen (secondary N) is 1. The van der Waals surface area contributed by atoms with Crippen LogP contribution in [0.4, 0.5) is 5.82 Å². The molecule has 0 atom stereocenters. The molecule has 112 valence electrons. The highest BCUT2D eigenvalue weighted by Crippen LogP contribution is 2.29. The third-order valence-corrected chi connectivity index (χ3v) is 3.55. The lowest BCUT2D eigenvalue weighted by molar-refractivity contribution is 0.776. The standard InChI is InChI=1S/C18H25N3/c1-7-19-16-10-15(20-18(21-16)11(2)3)17-13(5)8-12(4)9-14(17)6/h8-11H,7H2,1-6H3,(H,19,20,21). The van der Waals surface area contributed by atoms with Gasteiger partial charge in [-0.25, -0.2) is 9.97 Å². The Morgan fingerprint density at radius 3 is 2.14 bits per heavy atom. The van der Waals surface area contributed by atoms with Gasteiger partial charge in [-0.1, -0.05) is 31.5 Å². The molecular formula is C18H25N3. The van der Waals surface area contributed by atoms with Crippen LogP contribution in [0.2, 0.25) is 0 Å². The molecule has 1 aromatic heterocycles. The Kier molecular flexibility index (Phi) is 4.61. The second-order valence-electron chi connectivity index (χ2n) is 5.96. The van der Waals surface area contributed by atoms with E-state index in [0.717, 1.165) is 23.9 Å². The van der Waals surface area contributed by atoms with Crippen LogP contribution in [0.3, 0.4) is 0 Å². The molecule has 3 heteroatoms. The topological polar surface area (TPSA) is 37.8 Å². The van der Waals surface area contributed by atoms with E-state index in [4.69, 9.17) is 4.98 Å². The van der Waals surface area contributed by atoms with Gasteiger partial charge in [0, 0.05) is 24.1 Å². The van der Waals surface area contributed by atoms with Crippen LogP contribution in [0.1, 0.15) is 49.2 Å². The van der Waals surface area contributed by atoms with Crippen LogP contribution >= 0.6 is 0 Å². The Hall–Kier alpha value is -1.90. The summed E-state index contributed by atoms with van der Waals surface area (Å²) in [6.07, 6.45) is 0. The summed E-state index contributed by atoms with van der Waals surface area (Å²) in [5.41, 5.74) is 6.06. The van der Waals surface area contributed by atoms with Crippen LogP contribution in [0.5, 0.6) is 0 Å². The zero-order valence-electron chi connectivity index (χ0n) is 13.9. The van der Waals surface area contributed by atoms with Gasteiger partial charge in [-0.2, -0.15) is 0 Å². The Bertz CT molecular complexity index is 622. The molecule has 1 N–H and O–H groups in total. The normalized spacial score (nSPS) is 11.0. The van der Waals surface area contributed by atoms with Gasteiger partial charge in [-0.3, -0.25) is 0 Å². The van der Waals surface area contributed by atoms with Crippen LogP contribution in [-0.2, 0) is 0 Å². The molecule has 0 spiro atoms. The molecule has 1 heterocycles. The molecule has 0 aliphatic rings. The molecular weight excluding hydrogens is 258 g/mol. The molecule has 0 amide bonds. The number of aromatic nitrogens is 2. The monoisotopic (exact) mass is 283 g/mol. The van der Waals surface area contributed by atoms with Gasteiger partial charge >= 0.3 is 0 Å². The summed E-state index contributed by atoms with van der Waals surface area (Å²) >= 11 is 0. The predicted molar refractivity (Wildman–Crippen MR) is 89.9 cm³/mol. The highest BCUT2D eigenvalue weighted by Gasteiger charge is 2.13. The van der Waals surface area contributed by atoms with E-state index in [1.165, 1.54) is 22.3 Å². The number of benzene rings is 1. The summed E-state index contributed by atoms with van der Waals surface area (Å²) in [6, 6.07) is 6.48. The van der Waals surface area contributed by atoms with Gasteiger partial charge in [-0.05, 0) is 38.8 Å². The van der Waals surface area contributed by atoms with E-state index >= 15 is 0 Å². The predicted octanol–water partition coefficient (Wildman–Crippen LogP) is 4.62. The quantitative estimate of drug-likeness (QED) is 0.889. The van der Waals surface area contributed by atoms with Gasteiger partial charge in [0.05, 0.1) is 5.69 Å². The molecule has 3 nitrogen and oxygen atoms in total. The first-order valence-corrected chi connectivity index (χ1v) is 7.63. The maximum atomic E-state index is 4.79. The first-order chi connectivity index (χ1) is 9.92. The Morgan fingerprint density at radius 2 is 1.62 bits per heavy atom. The zero-order valence-corrected chi connectivity index (χ0v) is 13.9. The molecule has 2 aromatic rings. The number of hydrogen-bond donors (Lipinski definition) is 1. The van der Waals surface area contributed by atoms with Crippen molar-refractivity contribution in [2.75, 3.05) is 11.9 Å². The average molecular weight is 283 g/mol. The summed E-state index contributed by atoms with van der Waals surface area (Å²) in [5, 5.41) is 3.31. The fourth-order valence-electron chi connectivity index (χ4n) is 2.71. The van der Waals surface area contributed by atoms with Crippen molar-refractivity contribution in [3.8, 4) is 11.3 Å². The minimum absolute atomic E-state index is 0.313. The van der Waals surface area contributed by atoms with Crippen molar-refractivity contribution < 1.29 is 0 Å². The lowest BCUT2D eigenvalue weighted by Gasteiger charge is -2.15. The molecule has 0 radical (unpaired) electrons. The van der Waals surface area contributed by atoms with Gasteiger partial charge in [0.1, 0.15) is 11.6 Å². The summed E-state index contributed by atoms with van der Waals surface area (Å²) in [6.45, 7) is 13.6. The molecule has 21 heavy (non-hydrogen) atoms. The van der Waals surface area contributed by atoms with Gasteiger partial charge in [-0.15, -0.1) is 0 Å². The molecule has 1 aromatic carbocycles. The van der Waals surface area contributed by atoms with Crippen molar-refractivity contribution >= 4 is 5.82 Å². The van der Waals surface area contributed by atoms with E-state index in [1.807, 2.05) is 0 Å². The Balaban J connectivity index is 2.63. The molecule has 0 fully saturated rings. The van der Waals surface area contributed by atoms with E-state index in [0.29, 0.717) is 5.92 Å². The second kappa shape index (κ2) is 6.25. The van der Waals surface area contributed by atoms with E-state index < -0.39 is 0 Å². The van der Waals surface area contributed by atoms with Gasteiger partial charge < -0.3 is 5.32 Å². The minimum Gasteiger partial charge on any atom is -0.370 e. The number of rotatable bonds is 4. The van der Waals surface area contributed by atoms with Crippen LogP contribution in [0.15, 0.2) is 18.2 Å². The fraction of sp³-hybridized carbons (Fsp3) is 0.444. The molecule has 0 saturated heterocycles. The molecule has 0 saturated carbocycles. The maximum absolute atomic E-state index is 4.79. The highest BCUT2D eigenvalue weighted by molar-refractivity contribution is 5.70. The number of nitrogens with zero attached hydrogens (tertiary/aromatic N) is 2.